The second-order valence-electron chi connectivity index (χ2n) is 7.08. The van der Waals surface area contributed by atoms with Crippen molar-refractivity contribution in [1.29, 1.82) is 0 Å². The smallest absolute Gasteiger partial charge is 0.310 e. The summed E-state index contributed by atoms with van der Waals surface area (Å²) in [6, 6.07) is 11.6. The third kappa shape index (κ3) is 3.37. The number of nitrogens with zero attached hydrogens (tertiary/aromatic N) is 2. The average molecular weight is 352 g/mol. The van der Waals surface area contributed by atoms with Crippen molar-refractivity contribution in [3.8, 4) is 0 Å². The minimum atomic E-state index is -0.882. The monoisotopic (exact) mass is 352 g/mol. The molecule has 4 nitrogen and oxygen atoms in total. The van der Waals surface area contributed by atoms with E-state index in [9.17, 15) is 4.79 Å². The molecule has 3 rings (SSSR count). The van der Waals surface area contributed by atoms with E-state index in [1.54, 1.807) is 12.4 Å². The first-order valence-electron chi connectivity index (χ1n) is 9.79. The Morgan fingerprint density at radius 2 is 1.50 bits per heavy atom. The van der Waals surface area contributed by atoms with Crippen LogP contribution in [-0.2, 0) is 15.1 Å². The number of rotatable bonds is 8. The maximum atomic E-state index is 12.9. The molecule has 0 N–H and O–H groups in total. The van der Waals surface area contributed by atoms with Gasteiger partial charge in [0, 0.05) is 18.3 Å². The summed E-state index contributed by atoms with van der Waals surface area (Å²) in [6.45, 7) is 4.34. The second-order valence-corrected chi connectivity index (χ2v) is 7.08. The average Bonchev–Trinajstić information content (AvgIpc) is 2.98. The summed E-state index contributed by atoms with van der Waals surface area (Å²) in [5.74, 6) is -0.132. The highest BCUT2D eigenvalue weighted by atomic mass is 16.6. The molecule has 0 aliphatic carbocycles. The number of carbonyl (C=O) groups is 1. The molecular weight excluding hydrogens is 324 g/mol. The maximum Gasteiger partial charge on any atom is 0.310 e. The summed E-state index contributed by atoms with van der Waals surface area (Å²) in [4.78, 5) is 22.1. The standard InChI is InChI=1S/C22H28N2O2/c1-3-5-11-17-18(12-6-4-2)22(26-21(17)25,19-13-7-9-15-23-19)20-14-8-10-16-24-20/h7-10,13-18H,3-6,11-12H2,1-2H3/t17-,18-/m0/s1. The van der Waals surface area contributed by atoms with Crippen LogP contribution in [0.25, 0.3) is 0 Å². The lowest BCUT2D eigenvalue weighted by Gasteiger charge is -2.33. The zero-order chi connectivity index (χ0) is 18.4. The molecule has 2 atom stereocenters. The maximum absolute atomic E-state index is 12.9. The summed E-state index contributed by atoms with van der Waals surface area (Å²) in [7, 11) is 0. The molecule has 0 amide bonds. The van der Waals surface area contributed by atoms with Crippen LogP contribution < -0.4 is 0 Å². The molecular formula is C22H28N2O2. The van der Waals surface area contributed by atoms with Crippen LogP contribution in [0.2, 0.25) is 0 Å². The Morgan fingerprint density at radius 3 is 2.00 bits per heavy atom. The molecule has 0 saturated carbocycles. The molecule has 1 fully saturated rings. The zero-order valence-corrected chi connectivity index (χ0v) is 15.7. The SMILES string of the molecule is CCCC[C@@H]1C(=O)OC(c2ccccn2)(c2ccccn2)[C@H]1CCCC. The van der Waals surface area contributed by atoms with Crippen LogP contribution in [0.15, 0.2) is 48.8 Å². The highest BCUT2D eigenvalue weighted by Crippen LogP contribution is 2.51. The summed E-state index contributed by atoms with van der Waals surface area (Å²) < 4.78 is 6.18. The van der Waals surface area contributed by atoms with Gasteiger partial charge in [-0.25, -0.2) is 0 Å². The number of ether oxygens (including phenoxy) is 1. The molecule has 26 heavy (non-hydrogen) atoms. The lowest BCUT2D eigenvalue weighted by molar-refractivity contribution is -0.149. The number of aromatic nitrogens is 2. The van der Waals surface area contributed by atoms with E-state index in [1.807, 2.05) is 36.4 Å². The van der Waals surface area contributed by atoms with Gasteiger partial charge in [-0.2, -0.15) is 0 Å². The van der Waals surface area contributed by atoms with E-state index < -0.39 is 5.60 Å². The Kier molecular flexibility index (Phi) is 6.02. The number of pyridine rings is 2. The van der Waals surface area contributed by atoms with Gasteiger partial charge in [-0.15, -0.1) is 0 Å². The van der Waals surface area contributed by atoms with Gasteiger partial charge >= 0.3 is 5.97 Å². The third-order valence-electron chi connectivity index (χ3n) is 5.40. The highest BCUT2D eigenvalue weighted by molar-refractivity contribution is 5.77. The number of carbonyl (C=O) groups excluding carboxylic acids is 1. The zero-order valence-electron chi connectivity index (χ0n) is 15.7. The van der Waals surface area contributed by atoms with Crippen LogP contribution in [0, 0.1) is 11.8 Å². The van der Waals surface area contributed by atoms with Crippen LogP contribution in [0.3, 0.4) is 0 Å². The molecule has 0 radical (unpaired) electrons. The summed E-state index contributed by atoms with van der Waals surface area (Å²) >= 11 is 0. The van der Waals surface area contributed by atoms with Crippen molar-refractivity contribution in [1.82, 2.24) is 9.97 Å². The first-order chi connectivity index (χ1) is 12.7. The van der Waals surface area contributed by atoms with Gasteiger partial charge in [0.25, 0.3) is 0 Å². The van der Waals surface area contributed by atoms with Crippen molar-refractivity contribution in [2.24, 2.45) is 11.8 Å². The van der Waals surface area contributed by atoms with Gasteiger partial charge in [0.2, 0.25) is 0 Å². The van der Waals surface area contributed by atoms with Crippen molar-refractivity contribution < 1.29 is 9.53 Å². The van der Waals surface area contributed by atoms with Gasteiger partial charge in [-0.1, -0.05) is 51.7 Å². The molecule has 4 heteroatoms. The fourth-order valence-electron chi connectivity index (χ4n) is 4.11. The number of cyclic esters (lactones) is 1. The van der Waals surface area contributed by atoms with Crippen LogP contribution >= 0.6 is 0 Å². The molecule has 3 heterocycles. The fourth-order valence-corrected chi connectivity index (χ4v) is 4.11. The van der Waals surface area contributed by atoms with Crippen molar-refractivity contribution in [2.45, 2.75) is 58.0 Å². The highest BCUT2D eigenvalue weighted by Gasteiger charge is 2.58. The molecule has 0 bridgehead atoms. The van der Waals surface area contributed by atoms with Crippen LogP contribution in [0.4, 0.5) is 0 Å². The van der Waals surface area contributed by atoms with Crippen LogP contribution in [0.5, 0.6) is 0 Å². The first kappa shape index (κ1) is 18.6. The Hall–Kier alpha value is -2.23. The Bertz CT molecular complexity index is 663. The largest absolute Gasteiger partial charge is 0.445 e. The molecule has 0 aromatic carbocycles. The quantitative estimate of drug-likeness (QED) is 0.635. The minimum absolute atomic E-state index is 0.0614. The van der Waals surface area contributed by atoms with Gasteiger partial charge < -0.3 is 4.74 Å². The number of esters is 1. The van der Waals surface area contributed by atoms with E-state index in [0.717, 1.165) is 49.9 Å². The van der Waals surface area contributed by atoms with Crippen molar-refractivity contribution in [3.05, 3.63) is 60.2 Å². The van der Waals surface area contributed by atoms with E-state index in [-0.39, 0.29) is 17.8 Å². The third-order valence-corrected chi connectivity index (χ3v) is 5.40. The fraction of sp³-hybridized carbons (Fsp3) is 0.500. The summed E-state index contributed by atoms with van der Waals surface area (Å²) in [5, 5.41) is 0. The lowest BCUT2D eigenvalue weighted by atomic mass is 9.72. The second kappa shape index (κ2) is 8.43. The van der Waals surface area contributed by atoms with E-state index >= 15 is 0 Å². The normalized spacial score (nSPS) is 21.5. The molecule has 1 saturated heterocycles. The topological polar surface area (TPSA) is 52.1 Å². The van der Waals surface area contributed by atoms with Gasteiger partial charge in [0.15, 0.2) is 5.60 Å². The summed E-state index contributed by atoms with van der Waals surface area (Å²) in [5.41, 5.74) is 0.687. The Balaban J connectivity index is 2.12. The van der Waals surface area contributed by atoms with Gasteiger partial charge in [-0.05, 0) is 37.1 Å². The molecule has 138 valence electrons. The molecule has 0 spiro atoms. The van der Waals surface area contributed by atoms with Crippen molar-refractivity contribution >= 4 is 5.97 Å². The van der Waals surface area contributed by atoms with E-state index in [1.165, 1.54) is 0 Å². The van der Waals surface area contributed by atoms with Crippen LogP contribution in [-0.4, -0.2) is 15.9 Å². The van der Waals surface area contributed by atoms with E-state index in [4.69, 9.17) is 4.74 Å². The molecule has 1 aliphatic heterocycles. The van der Waals surface area contributed by atoms with Crippen molar-refractivity contribution in [2.75, 3.05) is 0 Å². The van der Waals surface area contributed by atoms with E-state index in [2.05, 4.69) is 23.8 Å². The Morgan fingerprint density at radius 1 is 0.923 bits per heavy atom. The number of unbranched alkanes of at least 4 members (excludes halogenated alkanes) is 2. The molecule has 1 aliphatic rings. The van der Waals surface area contributed by atoms with Crippen molar-refractivity contribution in [3.63, 3.8) is 0 Å². The van der Waals surface area contributed by atoms with Gasteiger partial charge in [0.05, 0.1) is 17.3 Å². The molecule has 0 unspecified atom stereocenters. The predicted molar refractivity (Wildman–Crippen MR) is 101 cm³/mol. The number of hydrogen-bond acceptors (Lipinski definition) is 4. The van der Waals surface area contributed by atoms with Gasteiger partial charge in [-0.3, -0.25) is 14.8 Å². The predicted octanol–water partition coefficient (Wildman–Crippen LogP) is 4.89. The minimum Gasteiger partial charge on any atom is -0.445 e. The lowest BCUT2D eigenvalue weighted by Crippen LogP contribution is -2.37. The number of hydrogen-bond donors (Lipinski definition) is 0. The Labute approximate surface area is 156 Å². The molecule has 2 aromatic rings. The van der Waals surface area contributed by atoms with Gasteiger partial charge in [0.1, 0.15) is 0 Å². The van der Waals surface area contributed by atoms with E-state index in [0.29, 0.717) is 0 Å². The summed E-state index contributed by atoms with van der Waals surface area (Å²) in [6.07, 6.45) is 9.59. The first-order valence-corrected chi connectivity index (χ1v) is 9.79. The van der Waals surface area contributed by atoms with Crippen LogP contribution in [0.1, 0.15) is 63.8 Å². The molecule has 2 aromatic heterocycles.